The van der Waals surface area contributed by atoms with E-state index in [1.165, 1.54) is 6.07 Å². The lowest BCUT2D eigenvalue weighted by Gasteiger charge is -2.32. The van der Waals surface area contributed by atoms with Gasteiger partial charge in [0, 0.05) is 13.1 Å². The van der Waals surface area contributed by atoms with Gasteiger partial charge in [-0.05, 0) is 17.7 Å². The molecule has 2 aromatic carbocycles. The fourth-order valence-corrected chi connectivity index (χ4v) is 2.66. The minimum absolute atomic E-state index is 0.0113. The molecule has 3 rings (SSSR count). The molecule has 24 heavy (non-hydrogen) atoms. The van der Waals surface area contributed by atoms with Crippen molar-refractivity contribution in [3.8, 4) is 11.5 Å². The van der Waals surface area contributed by atoms with Gasteiger partial charge in [0.1, 0.15) is 6.10 Å². The van der Waals surface area contributed by atoms with Gasteiger partial charge in [0.05, 0.1) is 6.61 Å². The monoisotopic (exact) mass is 335 g/mol. The van der Waals surface area contributed by atoms with Crippen molar-refractivity contribution in [2.75, 3.05) is 19.7 Å². The van der Waals surface area contributed by atoms with E-state index in [-0.39, 0.29) is 17.6 Å². The number of para-hydroxylation sites is 2. The Morgan fingerprint density at radius 2 is 1.62 bits per heavy atom. The smallest absolute Gasteiger partial charge is 0.387 e. The lowest BCUT2D eigenvalue weighted by Crippen LogP contribution is -2.43. The Bertz CT molecular complexity index is 633. The highest BCUT2D eigenvalue weighted by Gasteiger charge is 2.28. The maximum absolute atomic E-state index is 12.6. The van der Waals surface area contributed by atoms with Gasteiger partial charge >= 0.3 is 6.61 Å². The Morgan fingerprint density at radius 3 is 2.25 bits per heavy atom. The number of nitrogens with one attached hydrogen (secondary N) is 1. The predicted molar refractivity (Wildman–Crippen MR) is 85.5 cm³/mol. The summed E-state index contributed by atoms with van der Waals surface area (Å²) in [5.41, 5.74) is 0.915. The summed E-state index contributed by atoms with van der Waals surface area (Å²) in [6, 6.07) is 16.0. The lowest BCUT2D eigenvalue weighted by molar-refractivity contribution is -0.0598. The SMILES string of the molecule is FC(F)Oc1ccccc1O[C@H](c1ccccc1)[C@@H]1CNCCO1. The molecule has 128 valence electrons. The van der Waals surface area contributed by atoms with Crippen molar-refractivity contribution in [2.45, 2.75) is 18.8 Å². The number of hydrogen-bond donors (Lipinski definition) is 1. The van der Waals surface area contributed by atoms with E-state index >= 15 is 0 Å². The number of ether oxygens (including phenoxy) is 3. The highest BCUT2D eigenvalue weighted by atomic mass is 19.3. The molecule has 0 radical (unpaired) electrons. The van der Waals surface area contributed by atoms with E-state index in [9.17, 15) is 8.78 Å². The second-order valence-electron chi connectivity index (χ2n) is 5.39. The van der Waals surface area contributed by atoms with E-state index in [4.69, 9.17) is 9.47 Å². The van der Waals surface area contributed by atoms with Gasteiger partial charge in [0.2, 0.25) is 0 Å². The average Bonchev–Trinajstić information content (AvgIpc) is 2.62. The molecule has 0 aromatic heterocycles. The molecule has 0 unspecified atom stereocenters. The minimum Gasteiger partial charge on any atom is -0.479 e. The number of alkyl halides is 2. The molecule has 2 atom stereocenters. The summed E-state index contributed by atoms with van der Waals surface area (Å²) in [5, 5.41) is 3.26. The summed E-state index contributed by atoms with van der Waals surface area (Å²) >= 11 is 0. The Kier molecular flexibility index (Phi) is 5.61. The molecule has 6 heteroatoms. The van der Waals surface area contributed by atoms with Crippen molar-refractivity contribution in [1.82, 2.24) is 5.32 Å². The average molecular weight is 335 g/mol. The Balaban J connectivity index is 1.87. The minimum atomic E-state index is -2.91. The number of rotatable bonds is 6. The van der Waals surface area contributed by atoms with E-state index in [2.05, 4.69) is 10.1 Å². The number of hydrogen-bond acceptors (Lipinski definition) is 4. The lowest BCUT2D eigenvalue weighted by atomic mass is 10.0. The van der Waals surface area contributed by atoms with Crippen molar-refractivity contribution in [3.63, 3.8) is 0 Å². The highest BCUT2D eigenvalue weighted by Crippen LogP contribution is 2.34. The fourth-order valence-electron chi connectivity index (χ4n) is 2.66. The summed E-state index contributed by atoms with van der Waals surface area (Å²) in [7, 11) is 0. The summed E-state index contributed by atoms with van der Waals surface area (Å²) in [5.74, 6) is 0.276. The Labute approximate surface area is 139 Å². The fraction of sp³-hybridized carbons (Fsp3) is 0.333. The molecule has 1 aliphatic rings. The topological polar surface area (TPSA) is 39.7 Å². The second kappa shape index (κ2) is 8.08. The van der Waals surface area contributed by atoms with Crippen LogP contribution in [0.1, 0.15) is 11.7 Å². The van der Waals surface area contributed by atoms with Crippen LogP contribution >= 0.6 is 0 Å². The maximum Gasteiger partial charge on any atom is 0.387 e. The van der Waals surface area contributed by atoms with E-state index in [1.807, 2.05) is 30.3 Å². The van der Waals surface area contributed by atoms with Gasteiger partial charge in [0.15, 0.2) is 17.6 Å². The van der Waals surface area contributed by atoms with Crippen molar-refractivity contribution >= 4 is 0 Å². The van der Waals surface area contributed by atoms with Gasteiger partial charge in [-0.3, -0.25) is 0 Å². The molecule has 1 fully saturated rings. The summed E-state index contributed by atoms with van der Waals surface area (Å²) in [6.07, 6.45) is -0.651. The number of morpholine rings is 1. The molecule has 0 bridgehead atoms. The molecule has 0 amide bonds. The molecular weight excluding hydrogens is 316 g/mol. The molecule has 2 aromatic rings. The van der Waals surface area contributed by atoms with Gasteiger partial charge < -0.3 is 19.5 Å². The zero-order valence-corrected chi connectivity index (χ0v) is 13.0. The van der Waals surface area contributed by atoms with Gasteiger partial charge in [-0.25, -0.2) is 0 Å². The molecule has 0 aliphatic carbocycles. The molecule has 1 N–H and O–H groups in total. The molecule has 1 heterocycles. The van der Waals surface area contributed by atoms with E-state index in [1.54, 1.807) is 18.2 Å². The third kappa shape index (κ3) is 4.21. The molecule has 1 saturated heterocycles. The van der Waals surface area contributed by atoms with Gasteiger partial charge in [0.25, 0.3) is 0 Å². The first-order chi connectivity index (χ1) is 11.7. The Hall–Kier alpha value is -2.18. The molecule has 4 nitrogen and oxygen atoms in total. The molecular formula is C18H19F2NO3. The predicted octanol–water partition coefficient (Wildman–Crippen LogP) is 3.40. The number of benzene rings is 2. The van der Waals surface area contributed by atoms with Crippen LogP contribution in [0.2, 0.25) is 0 Å². The van der Waals surface area contributed by atoms with Crippen LogP contribution in [0.3, 0.4) is 0 Å². The zero-order valence-electron chi connectivity index (χ0n) is 13.0. The van der Waals surface area contributed by atoms with E-state index in [0.717, 1.165) is 12.1 Å². The van der Waals surface area contributed by atoms with Gasteiger partial charge in [-0.1, -0.05) is 42.5 Å². The molecule has 1 aliphatic heterocycles. The third-order valence-electron chi connectivity index (χ3n) is 3.74. The van der Waals surface area contributed by atoms with Crippen LogP contribution in [-0.4, -0.2) is 32.4 Å². The maximum atomic E-state index is 12.6. The van der Waals surface area contributed by atoms with Crippen LogP contribution in [0.4, 0.5) is 8.78 Å². The van der Waals surface area contributed by atoms with Crippen molar-refractivity contribution < 1.29 is 23.0 Å². The largest absolute Gasteiger partial charge is 0.479 e. The standard InChI is InChI=1S/C18H19F2NO3/c19-18(20)24-15-9-5-4-8-14(15)23-17(13-6-2-1-3-7-13)16-12-21-10-11-22-16/h1-9,16-18,21H,10-12H2/t16-,17+/m0/s1. The zero-order chi connectivity index (χ0) is 16.8. The van der Waals surface area contributed by atoms with E-state index in [0.29, 0.717) is 13.2 Å². The van der Waals surface area contributed by atoms with Crippen LogP contribution in [0.5, 0.6) is 11.5 Å². The molecule has 0 saturated carbocycles. The van der Waals surface area contributed by atoms with Gasteiger partial charge in [-0.15, -0.1) is 0 Å². The van der Waals surface area contributed by atoms with Crippen molar-refractivity contribution in [2.24, 2.45) is 0 Å². The first-order valence-corrected chi connectivity index (χ1v) is 7.82. The Morgan fingerprint density at radius 1 is 0.958 bits per heavy atom. The third-order valence-corrected chi connectivity index (χ3v) is 3.74. The molecule has 0 spiro atoms. The summed E-state index contributed by atoms with van der Waals surface area (Å²) in [6.45, 7) is -0.926. The van der Waals surface area contributed by atoms with E-state index < -0.39 is 12.7 Å². The first kappa shape index (κ1) is 16.7. The first-order valence-electron chi connectivity index (χ1n) is 7.82. The van der Waals surface area contributed by atoms with Crippen LogP contribution in [0.25, 0.3) is 0 Å². The normalized spacial score (nSPS) is 19.0. The van der Waals surface area contributed by atoms with Gasteiger partial charge in [-0.2, -0.15) is 8.78 Å². The van der Waals surface area contributed by atoms with Crippen LogP contribution in [0.15, 0.2) is 54.6 Å². The van der Waals surface area contributed by atoms with Crippen molar-refractivity contribution in [1.29, 1.82) is 0 Å². The highest BCUT2D eigenvalue weighted by molar-refractivity contribution is 5.40. The summed E-state index contributed by atoms with van der Waals surface area (Å²) < 4.78 is 41.6. The number of halogens is 2. The summed E-state index contributed by atoms with van der Waals surface area (Å²) in [4.78, 5) is 0. The van der Waals surface area contributed by atoms with Crippen LogP contribution < -0.4 is 14.8 Å². The second-order valence-corrected chi connectivity index (χ2v) is 5.39. The van der Waals surface area contributed by atoms with Crippen LogP contribution in [-0.2, 0) is 4.74 Å². The van der Waals surface area contributed by atoms with Crippen LogP contribution in [0, 0.1) is 0 Å². The van der Waals surface area contributed by atoms with Crippen molar-refractivity contribution in [3.05, 3.63) is 60.2 Å². The quantitative estimate of drug-likeness (QED) is 0.878.